The molecule has 1 unspecified atom stereocenters. The molecule has 0 aromatic carbocycles. The van der Waals surface area contributed by atoms with E-state index in [4.69, 9.17) is 9.47 Å². The van der Waals surface area contributed by atoms with Crippen molar-refractivity contribution in [3.63, 3.8) is 0 Å². The van der Waals surface area contributed by atoms with Gasteiger partial charge in [-0.2, -0.15) is 0 Å². The van der Waals surface area contributed by atoms with Gasteiger partial charge in [0.15, 0.2) is 10.9 Å². The topological polar surface area (TPSA) is 102 Å². The zero-order chi connectivity index (χ0) is 22.7. The molecular formula is C22H31N5O4S. The molecule has 0 saturated carbocycles. The zero-order valence-electron chi connectivity index (χ0n) is 19.0. The minimum Gasteiger partial charge on any atom is -0.465 e. The van der Waals surface area contributed by atoms with Gasteiger partial charge in [0.1, 0.15) is 0 Å². The number of ketones is 1. The average molecular weight is 462 g/mol. The Bertz CT molecular complexity index is 973. The summed E-state index contributed by atoms with van der Waals surface area (Å²) in [5, 5.41) is 9.64. The molecule has 2 fully saturated rings. The summed E-state index contributed by atoms with van der Waals surface area (Å²) in [5.41, 5.74) is 2.12. The molecule has 2 aromatic rings. The number of thioether (sulfide) groups is 1. The van der Waals surface area contributed by atoms with Crippen LogP contribution in [0.3, 0.4) is 0 Å². The molecule has 9 nitrogen and oxygen atoms in total. The molecule has 0 bridgehead atoms. The van der Waals surface area contributed by atoms with Gasteiger partial charge in [0.25, 0.3) is 0 Å². The number of H-pyrrole nitrogens is 1. The first kappa shape index (κ1) is 22.8. The van der Waals surface area contributed by atoms with E-state index in [1.807, 2.05) is 0 Å². The molecule has 4 heterocycles. The number of nitrogens with one attached hydrogen (secondary N) is 1. The minimum atomic E-state index is -0.439. The van der Waals surface area contributed by atoms with Crippen LogP contribution in [-0.2, 0) is 16.0 Å². The van der Waals surface area contributed by atoms with Crippen molar-refractivity contribution in [1.82, 2.24) is 19.7 Å². The number of anilines is 1. The highest BCUT2D eigenvalue weighted by molar-refractivity contribution is 7.99. The number of rotatable bonds is 8. The van der Waals surface area contributed by atoms with Crippen LogP contribution in [0.5, 0.6) is 0 Å². The zero-order valence-corrected chi connectivity index (χ0v) is 19.8. The number of aryl methyl sites for hydroxylation is 1. The number of hydrogen-bond acceptors (Lipinski definition) is 8. The van der Waals surface area contributed by atoms with Crippen molar-refractivity contribution in [3.05, 3.63) is 22.5 Å². The van der Waals surface area contributed by atoms with E-state index in [1.54, 1.807) is 13.8 Å². The van der Waals surface area contributed by atoms with Crippen molar-refractivity contribution in [1.29, 1.82) is 0 Å². The second-order valence-electron chi connectivity index (χ2n) is 8.40. The largest absolute Gasteiger partial charge is 0.465 e. The van der Waals surface area contributed by atoms with E-state index in [1.165, 1.54) is 25.3 Å². The monoisotopic (exact) mass is 461 g/mol. The van der Waals surface area contributed by atoms with Crippen LogP contribution in [0.2, 0.25) is 0 Å². The van der Waals surface area contributed by atoms with Gasteiger partial charge in [0.05, 0.1) is 36.8 Å². The van der Waals surface area contributed by atoms with E-state index in [-0.39, 0.29) is 17.6 Å². The van der Waals surface area contributed by atoms with Gasteiger partial charge in [-0.3, -0.25) is 9.36 Å². The normalized spacial score (nSPS) is 18.8. The Balaban J connectivity index is 1.52. The fraction of sp³-hybridized carbons (Fsp3) is 0.636. The average Bonchev–Trinajstić information content (AvgIpc) is 3.52. The first-order valence-electron chi connectivity index (χ1n) is 11.2. The first-order chi connectivity index (χ1) is 15.5. The number of hydrogen-bond donors (Lipinski definition) is 1. The van der Waals surface area contributed by atoms with Crippen molar-refractivity contribution < 1.29 is 19.1 Å². The molecule has 0 aliphatic carbocycles. The van der Waals surface area contributed by atoms with Crippen LogP contribution in [0, 0.1) is 13.8 Å². The molecule has 0 spiro atoms. The fourth-order valence-electron chi connectivity index (χ4n) is 4.51. The molecule has 4 rings (SSSR count). The fourth-order valence-corrected chi connectivity index (χ4v) is 5.32. The van der Waals surface area contributed by atoms with Gasteiger partial charge in [-0.25, -0.2) is 4.79 Å². The summed E-state index contributed by atoms with van der Waals surface area (Å²) in [6.07, 6.45) is 5.80. The minimum absolute atomic E-state index is 0.0862. The lowest BCUT2D eigenvalue weighted by Crippen LogP contribution is -2.33. The van der Waals surface area contributed by atoms with Gasteiger partial charge in [-0.15, -0.1) is 10.2 Å². The molecule has 2 aliphatic heterocycles. The number of ether oxygens (including phenoxy) is 2. The van der Waals surface area contributed by atoms with Crippen LogP contribution in [0.15, 0.2) is 5.16 Å². The molecule has 2 aliphatic rings. The summed E-state index contributed by atoms with van der Waals surface area (Å²) in [6.45, 7) is 6.98. The Morgan fingerprint density at radius 3 is 2.66 bits per heavy atom. The number of methoxy groups -OCH3 is 1. The van der Waals surface area contributed by atoms with Gasteiger partial charge in [0.2, 0.25) is 5.95 Å². The smallest absolute Gasteiger partial charge is 0.339 e. The van der Waals surface area contributed by atoms with Crippen LogP contribution >= 0.6 is 11.8 Å². The summed E-state index contributed by atoms with van der Waals surface area (Å²) in [5.74, 6) is 0.544. The molecule has 1 atom stereocenters. The molecule has 10 heteroatoms. The number of nitrogens with zero attached hydrogens (tertiary/aromatic N) is 4. The van der Waals surface area contributed by atoms with Crippen LogP contribution in [0.4, 0.5) is 5.95 Å². The third kappa shape index (κ3) is 4.71. The van der Waals surface area contributed by atoms with Gasteiger partial charge >= 0.3 is 5.97 Å². The van der Waals surface area contributed by atoms with Gasteiger partial charge in [-0.05, 0) is 51.5 Å². The van der Waals surface area contributed by atoms with E-state index in [9.17, 15) is 9.59 Å². The Labute approximate surface area is 192 Å². The lowest BCUT2D eigenvalue weighted by Gasteiger charge is -2.28. The second kappa shape index (κ2) is 10.1. The van der Waals surface area contributed by atoms with Gasteiger partial charge in [-0.1, -0.05) is 11.8 Å². The van der Waals surface area contributed by atoms with Crippen LogP contribution < -0.4 is 4.90 Å². The summed E-state index contributed by atoms with van der Waals surface area (Å²) in [4.78, 5) is 30.4. The van der Waals surface area contributed by atoms with Gasteiger partial charge < -0.3 is 19.4 Å². The summed E-state index contributed by atoms with van der Waals surface area (Å²) >= 11 is 1.38. The van der Waals surface area contributed by atoms with E-state index >= 15 is 0 Å². The number of aromatic nitrogens is 4. The third-order valence-electron chi connectivity index (χ3n) is 6.18. The molecule has 174 valence electrons. The van der Waals surface area contributed by atoms with E-state index in [2.05, 4.69) is 24.6 Å². The van der Waals surface area contributed by atoms with Crippen LogP contribution in [-0.4, -0.2) is 70.2 Å². The maximum atomic E-state index is 13.0. The number of esters is 1. The van der Waals surface area contributed by atoms with E-state index in [0.29, 0.717) is 29.1 Å². The number of Topliss-reactive ketones (excluding diaryl/α,β-unsaturated/α-hetero) is 1. The standard InChI is InChI=1S/C22H31N5O4S/c1-14-18(20(29)30-3)15(2)23-19(14)17(28)13-32-22-25-24-21(26-9-5-4-6-10-26)27(22)12-16-8-7-11-31-16/h16,23H,4-13H2,1-3H3. The summed E-state index contributed by atoms with van der Waals surface area (Å²) in [7, 11) is 1.34. The third-order valence-corrected chi connectivity index (χ3v) is 7.15. The Kier molecular flexibility index (Phi) is 7.20. The highest BCUT2D eigenvalue weighted by atomic mass is 32.2. The molecule has 2 aromatic heterocycles. The maximum absolute atomic E-state index is 13.0. The Hall–Kier alpha value is -2.33. The van der Waals surface area contributed by atoms with E-state index < -0.39 is 5.97 Å². The predicted octanol–water partition coefficient (Wildman–Crippen LogP) is 3.15. The number of carbonyl (C=O) groups is 2. The molecule has 0 radical (unpaired) electrons. The lowest BCUT2D eigenvalue weighted by atomic mass is 10.1. The highest BCUT2D eigenvalue weighted by Gasteiger charge is 2.26. The van der Waals surface area contributed by atoms with E-state index in [0.717, 1.165) is 56.5 Å². The second-order valence-corrected chi connectivity index (χ2v) is 9.35. The lowest BCUT2D eigenvalue weighted by molar-refractivity contribution is 0.0599. The quantitative estimate of drug-likeness (QED) is 0.363. The van der Waals surface area contributed by atoms with Crippen LogP contribution in [0.25, 0.3) is 0 Å². The Morgan fingerprint density at radius 2 is 1.97 bits per heavy atom. The van der Waals surface area contributed by atoms with Crippen molar-refractivity contribution in [2.45, 2.75) is 63.8 Å². The maximum Gasteiger partial charge on any atom is 0.339 e. The number of aromatic amines is 1. The van der Waals surface area contributed by atoms with Crippen molar-refractivity contribution >= 4 is 29.5 Å². The van der Waals surface area contributed by atoms with Crippen LogP contribution in [0.1, 0.15) is 64.2 Å². The highest BCUT2D eigenvalue weighted by Crippen LogP contribution is 2.28. The molecule has 32 heavy (non-hydrogen) atoms. The predicted molar refractivity (Wildman–Crippen MR) is 122 cm³/mol. The SMILES string of the molecule is COC(=O)c1c(C)[nH]c(C(=O)CSc2nnc(N3CCCCC3)n2CC2CCCO2)c1C. The summed E-state index contributed by atoms with van der Waals surface area (Å²) in [6, 6.07) is 0. The first-order valence-corrected chi connectivity index (χ1v) is 12.2. The number of piperidine rings is 1. The molecular weight excluding hydrogens is 430 g/mol. The number of carbonyl (C=O) groups excluding carboxylic acids is 2. The molecule has 1 N–H and O–H groups in total. The van der Waals surface area contributed by atoms with Crippen molar-refractivity contribution in [2.24, 2.45) is 0 Å². The summed E-state index contributed by atoms with van der Waals surface area (Å²) < 4.78 is 12.8. The van der Waals surface area contributed by atoms with Crippen molar-refractivity contribution in [3.8, 4) is 0 Å². The van der Waals surface area contributed by atoms with Gasteiger partial charge in [0, 0.05) is 25.4 Å². The Morgan fingerprint density at radius 1 is 1.19 bits per heavy atom. The molecule has 0 amide bonds. The molecule has 2 saturated heterocycles. The van der Waals surface area contributed by atoms with Crippen molar-refractivity contribution in [2.75, 3.05) is 37.5 Å².